The molecule has 2 heteroatoms. The lowest BCUT2D eigenvalue weighted by Crippen LogP contribution is -2.34. The molecule has 2 saturated heterocycles. The Morgan fingerprint density at radius 1 is 1.06 bits per heavy atom. The first-order valence-electron chi connectivity index (χ1n) is 7.89. The van der Waals surface area contributed by atoms with E-state index in [0.29, 0.717) is 10.8 Å². The van der Waals surface area contributed by atoms with Crippen molar-refractivity contribution < 1.29 is 0 Å². The van der Waals surface area contributed by atoms with Gasteiger partial charge in [-0.3, -0.25) is 4.90 Å². The van der Waals surface area contributed by atoms with Gasteiger partial charge in [0.25, 0.3) is 0 Å². The van der Waals surface area contributed by atoms with Crippen molar-refractivity contribution in [2.45, 2.75) is 51.0 Å². The van der Waals surface area contributed by atoms with Crippen LogP contribution in [0.1, 0.15) is 44.9 Å². The predicted molar refractivity (Wildman–Crippen MR) is 74.6 cm³/mol. The smallest absolute Gasteiger partial charge is 0.0101 e. The zero-order chi connectivity index (χ0) is 12.1. The minimum absolute atomic E-state index is 0.656. The summed E-state index contributed by atoms with van der Waals surface area (Å²) in [6.07, 6.45) is 14.8. The summed E-state index contributed by atoms with van der Waals surface area (Å²) in [5.41, 5.74) is 1.35. The maximum atomic E-state index is 3.59. The Kier molecular flexibility index (Phi) is 2.60. The normalized spacial score (nSPS) is 42.8. The van der Waals surface area contributed by atoms with E-state index < -0.39 is 0 Å². The van der Waals surface area contributed by atoms with Gasteiger partial charge in [-0.2, -0.15) is 0 Å². The molecule has 1 saturated carbocycles. The van der Waals surface area contributed by atoms with Crippen molar-refractivity contribution in [1.29, 1.82) is 0 Å². The van der Waals surface area contributed by atoms with Crippen LogP contribution in [-0.4, -0.2) is 37.1 Å². The molecular formula is C16H26N2. The van der Waals surface area contributed by atoms with Crippen LogP contribution in [0.15, 0.2) is 12.2 Å². The Morgan fingerprint density at radius 3 is 2.72 bits per heavy atom. The highest BCUT2D eigenvalue weighted by Crippen LogP contribution is 2.48. The summed E-state index contributed by atoms with van der Waals surface area (Å²) in [6.45, 7) is 5.31. The summed E-state index contributed by atoms with van der Waals surface area (Å²) in [5, 5.41) is 3.59. The third-order valence-electron chi connectivity index (χ3n) is 6.26. The third-order valence-corrected chi connectivity index (χ3v) is 6.26. The van der Waals surface area contributed by atoms with Crippen LogP contribution in [-0.2, 0) is 0 Å². The quantitative estimate of drug-likeness (QED) is 0.715. The van der Waals surface area contributed by atoms with Crippen LogP contribution >= 0.6 is 0 Å². The molecule has 0 aromatic carbocycles. The average molecular weight is 246 g/mol. The summed E-state index contributed by atoms with van der Waals surface area (Å²) >= 11 is 0. The summed E-state index contributed by atoms with van der Waals surface area (Å²) in [4.78, 5) is 2.85. The first-order valence-corrected chi connectivity index (χ1v) is 7.89. The van der Waals surface area contributed by atoms with E-state index in [4.69, 9.17) is 0 Å². The molecule has 2 aliphatic carbocycles. The van der Waals surface area contributed by atoms with Crippen LogP contribution in [0.2, 0.25) is 0 Å². The lowest BCUT2D eigenvalue weighted by atomic mass is 9.84. The molecule has 4 aliphatic rings. The second kappa shape index (κ2) is 4.08. The highest BCUT2D eigenvalue weighted by Gasteiger charge is 2.46. The molecule has 0 amide bonds. The Balaban J connectivity index is 1.41. The Labute approximate surface area is 111 Å². The number of rotatable bonds is 1. The number of nitrogens with zero attached hydrogens (tertiary/aromatic N) is 1. The molecule has 3 fully saturated rings. The van der Waals surface area contributed by atoms with Gasteiger partial charge in [-0.05, 0) is 68.9 Å². The Hall–Kier alpha value is -0.340. The van der Waals surface area contributed by atoms with Crippen LogP contribution in [0.4, 0.5) is 0 Å². The van der Waals surface area contributed by atoms with Gasteiger partial charge in [0, 0.05) is 19.1 Å². The van der Waals surface area contributed by atoms with Gasteiger partial charge in [-0.25, -0.2) is 0 Å². The largest absolute Gasteiger partial charge is 0.316 e. The first-order chi connectivity index (χ1) is 8.79. The van der Waals surface area contributed by atoms with Gasteiger partial charge < -0.3 is 5.32 Å². The van der Waals surface area contributed by atoms with E-state index in [9.17, 15) is 0 Å². The summed E-state index contributed by atoms with van der Waals surface area (Å²) in [5.74, 6) is 0. The molecule has 1 N–H and O–H groups in total. The van der Waals surface area contributed by atoms with Crippen LogP contribution in [0.25, 0.3) is 0 Å². The molecule has 0 bridgehead atoms. The van der Waals surface area contributed by atoms with Gasteiger partial charge in [0.05, 0.1) is 0 Å². The fourth-order valence-electron chi connectivity index (χ4n) is 5.04. The molecule has 4 rings (SSSR count). The predicted octanol–water partition coefficient (Wildman–Crippen LogP) is 2.56. The van der Waals surface area contributed by atoms with E-state index in [-0.39, 0.29) is 0 Å². The second-order valence-electron chi connectivity index (χ2n) is 7.42. The van der Waals surface area contributed by atoms with Crippen molar-refractivity contribution in [2.24, 2.45) is 10.8 Å². The molecule has 0 radical (unpaired) electrons. The maximum Gasteiger partial charge on any atom is 0.0101 e. The number of hydrogen-bond donors (Lipinski definition) is 1. The molecule has 2 unspecified atom stereocenters. The van der Waals surface area contributed by atoms with Crippen molar-refractivity contribution in [3.63, 3.8) is 0 Å². The van der Waals surface area contributed by atoms with Gasteiger partial charge in [-0.1, -0.05) is 12.2 Å². The minimum Gasteiger partial charge on any atom is -0.316 e. The van der Waals surface area contributed by atoms with Crippen molar-refractivity contribution >= 4 is 0 Å². The van der Waals surface area contributed by atoms with Crippen molar-refractivity contribution in [2.75, 3.05) is 26.2 Å². The molecular weight excluding hydrogens is 220 g/mol. The number of nitrogens with one attached hydrogen (secondary N) is 1. The molecule has 2 aliphatic heterocycles. The van der Waals surface area contributed by atoms with Gasteiger partial charge in [-0.15, -0.1) is 0 Å². The molecule has 2 nitrogen and oxygen atoms in total. The molecule has 0 aromatic rings. The Bertz CT molecular complexity index is 332. The monoisotopic (exact) mass is 246 g/mol. The summed E-state index contributed by atoms with van der Waals surface area (Å²) in [7, 11) is 0. The standard InChI is InChI=1S/C16H26N2/c1-2-5-15(4-1)8-10-18(13-15)14-3-6-16(11-14)7-9-17-12-16/h1-2,14,17H,3-13H2. The number of hydrogen-bond acceptors (Lipinski definition) is 2. The molecule has 18 heavy (non-hydrogen) atoms. The van der Waals surface area contributed by atoms with E-state index in [0.717, 1.165) is 6.04 Å². The van der Waals surface area contributed by atoms with Crippen molar-refractivity contribution in [3.8, 4) is 0 Å². The van der Waals surface area contributed by atoms with E-state index in [1.165, 1.54) is 71.1 Å². The van der Waals surface area contributed by atoms with Crippen molar-refractivity contribution in [3.05, 3.63) is 12.2 Å². The van der Waals surface area contributed by atoms with Crippen LogP contribution in [0, 0.1) is 10.8 Å². The average Bonchev–Trinajstić information content (AvgIpc) is 3.12. The topological polar surface area (TPSA) is 15.3 Å². The third kappa shape index (κ3) is 1.77. The minimum atomic E-state index is 0.656. The zero-order valence-electron chi connectivity index (χ0n) is 11.5. The highest BCUT2D eigenvalue weighted by atomic mass is 15.2. The lowest BCUT2D eigenvalue weighted by molar-refractivity contribution is 0.193. The zero-order valence-corrected chi connectivity index (χ0v) is 11.5. The lowest BCUT2D eigenvalue weighted by Gasteiger charge is -2.29. The van der Waals surface area contributed by atoms with Crippen LogP contribution in [0.5, 0.6) is 0 Å². The SMILES string of the molecule is C1=CCC2(C1)CCN(C1CCC3(CCNC3)C1)C2. The summed E-state index contributed by atoms with van der Waals surface area (Å²) in [6, 6.07) is 0.907. The summed E-state index contributed by atoms with van der Waals surface area (Å²) < 4.78 is 0. The van der Waals surface area contributed by atoms with Crippen molar-refractivity contribution in [1.82, 2.24) is 10.2 Å². The highest BCUT2D eigenvalue weighted by molar-refractivity contribution is 5.08. The molecule has 2 atom stereocenters. The van der Waals surface area contributed by atoms with E-state index in [2.05, 4.69) is 22.4 Å². The molecule has 100 valence electrons. The maximum absolute atomic E-state index is 3.59. The van der Waals surface area contributed by atoms with Crippen LogP contribution in [0.3, 0.4) is 0 Å². The molecule has 2 heterocycles. The van der Waals surface area contributed by atoms with Gasteiger partial charge in [0.15, 0.2) is 0 Å². The molecule has 0 aromatic heterocycles. The van der Waals surface area contributed by atoms with Gasteiger partial charge in [0.1, 0.15) is 0 Å². The fraction of sp³-hybridized carbons (Fsp3) is 0.875. The second-order valence-corrected chi connectivity index (χ2v) is 7.42. The first kappa shape index (κ1) is 11.5. The van der Waals surface area contributed by atoms with E-state index in [1.807, 2.05) is 0 Å². The fourth-order valence-corrected chi connectivity index (χ4v) is 5.04. The van der Waals surface area contributed by atoms with Gasteiger partial charge >= 0.3 is 0 Å². The Morgan fingerprint density at radius 2 is 1.94 bits per heavy atom. The van der Waals surface area contributed by atoms with E-state index in [1.54, 1.807) is 0 Å². The van der Waals surface area contributed by atoms with E-state index >= 15 is 0 Å². The number of allylic oxidation sites excluding steroid dienone is 2. The number of likely N-dealkylation sites (tertiary alicyclic amines) is 1. The van der Waals surface area contributed by atoms with Crippen LogP contribution < -0.4 is 5.32 Å². The van der Waals surface area contributed by atoms with Gasteiger partial charge in [0.2, 0.25) is 0 Å². The molecule has 2 spiro atoms.